The van der Waals surface area contributed by atoms with Crippen LogP contribution in [0, 0.1) is 0 Å². The summed E-state index contributed by atoms with van der Waals surface area (Å²) in [6, 6.07) is 0.903. The summed E-state index contributed by atoms with van der Waals surface area (Å²) in [4.78, 5) is 5.57. The van der Waals surface area contributed by atoms with Crippen molar-refractivity contribution in [2.45, 2.75) is 57.0 Å². The average molecular weight is 208 g/mol. The molecule has 1 unspecified atom stereocenters. The lowest BCUT2D eigenvalue weighted by molar-refractivity contribution is 0.107. The topological polar surface area (TPSA) is 6.48 Å². The number of nitrogens with zero attached hydrogens (tertiary/aromatic N) is 2. The van der Waals surface area contributed by atoms with E-state index >= 15 is 0 Å². The Morgan fingerprint density at radius 3 is 2.40 bits per heavy atom. The van der Waals surface area contributed by atoms with Crippen LogP contribution < -0.4 is 0 Å². The maximum absolute atomic E-state index is 2.83. The molecule has 0 radical (unpaired) electrons. The van der Waals surface area contributed by atoms with E-state index in [-0.39, 0.29) is 0 Å². The fraction of sp³-hybridized carbons (Fsp3) is 1.00. The van der Waals surface area contributed by atoms with Crippen LogP contribution in [0.25, 0.3) is 0 Å². The van der Waals surface area contributed by atoms with Crippen LogP contribution in [0.1, 0.15) is 45.4 Å². The second-order valence-electron chi connectivity index (χ2n) is 5.58. The third kappa shape index (κ3) is 1.53. The van der Waals surface area contributed by atoms with E-state index in [1.807, 2.05) is 0 Å². The van der Waals surface area contributed by atoms with E-state index in [1.54, 1.807) is 0 Å². The number of hydrogen-bond donors (Lipinski definition) is 0. The molecule has 0 amide bonds. The smallest absolute Gasteiger partial charge is 0.0366 e. The molecule has 0 spiro atoms. The van der Waals surface area contributed by atoms with Crippen molar-refractivity contribution in [1.29, 1.82) is 0 Å². The molecule has 2 aliphatic heterocycles. The molecule has 3 aliphatic rings. The van der Waals surface area contributed by atoms with Crippen LogP contribution in [0.15, 0.2) is 0 Å². The van der Waals surface area contributed by atoms with Gasteiger partial charge in [-0.05, 0) is 64.7 Å². The molecule has 0 bridgehead atoms. The Morgan fingerprint density at radius 1 is 1.07 bits per heavy atom. The Morgan fingerprint density at radius 2 is 1.80 bits per heavy atom. The summed E-state index contributed by atoms with van der Waals surface area (Å²) >= 11 is 0. The quantitative estimate of drug-likeness (QED) is 0.701. The standard InChI is InChI=1S/C13H24N2/c1-2-14-9-5-6-12(14)13(7-8-13)15-10-3-4-11-15/h12H,2-11H2,1H3. The van der Waals surface area contributed by atoms with Gasteiger partial charge < -0.3 is 0 Å². The van der Waals surface area contributed by atoms with Crippen molar-refractivity contribution in [3.8, 4) is 0 Å². The summed E-state index contributed by atoms with van der Waals surface area (Å²) in [5.74, 6) is 0. The van der Waals surface area contributed by atoms with Crippen LogP contribution in [-0.4, -0.2) is 47.6 Å². The van der Waals surface area contributed by atoms with Crippen molar-refractivity contribution in [2.24, 2.45) is 0 Å². The summed E-state index contributed by atoms with van der Waals surface area (Å²) in [6.45, 7) is 7.72. The number of likely N-dealkylation sites (N-methyl/N-ethyl adjacent to an activating group) is 1. The third-order valence-corrected chi connectivity index (χ3v) is 4.89. The Hall–Kier alpha value is -0.0800. The minimum atomic E-state index is 0.642. The molecule has 2 nitrogen and oxygen atoms in total. The molecule has 2 saturated heterocycles. The van der Waals surface area contributed by atoms with Crippen molar-refractivity contribution >= 4 is 0 Å². The van der Waals surface area contributed by atoms with E-state index in [0.29, 0.717) is 5.54 Å². The zero-order valence-corrected chi connectivity index (χ0v) is 10.0. The van der Waals surface area contributed by atoms with Gasteiger partial charge in [0.05, 0.1) is 0 Å². The second kappa shape index (κ2) is 3.74. The van der Waals surface area contributed by atoms with Gasteiger partial charge in [-0.3, -0.25) is 9.80 Å². The van der Waals surface area contributed by atoms with Gasteiger partial charge in [0.25, 0.3) is 0 Å². The van der Waals surface area contributed by atoms with E-state index < -0.39 is 0 Å². The summed E-state index contributed by atoms with van der Waals surface area (Å²) in [5, 5.41) is 0. The molecule has 0 aromatic carbocycles. The fourth-order valence-corrected chi connectivity index (χ4v) is 3.96. The van der Waals surface area contributed by atoms with E-state index in [4.69, 9.17) is 0 Å². The van der Waals surface area contributed by atoms with E-state index in [9.17, 15) is 0 Å². The van der Waals surface area contributed by atoms with Crippen molar-refractivity contribution < 1.29 is 0 Å². The van der Waals surface area contributed by atoms with Gasteiger partial charge in [0.15, 0.2) is 0 Å². The highest BCUT2D eigenvalue weighted by Gasteiger charge is 2.56. The lowest BCUT2D eigenvalue weighted by Gasteiger charge is -2.37. The van der Waals surface area contributed by atoms with Gasteiger partial charge in [-0.1, -0.05) is 6.92 Å². The SMILES string of the molecule is CCN1CCCC1C1(N2CCCC2)CC1. The largest absolute Gasteiger partial charge is 0.299 e. The van der Waals surface area contributed by atoms with Gasteiger partial charge in [0.2, 0.25) is 0 Å². The molecular weight excluding hydrogens is 184 g/mol. The van der Waals surface area contributed by atoms with Crippen molar-refractivity contribution in [2.75, 3.05) is 26.2 Å². The van der Waals surface area contributed by atoms with Crippen molar-refractivity contribution in [3.63, 3.8) is 0 Å². The number of rotatable bonds is 3. The van der Waals surface area contributed by atoms with Gasteiger partial charge >= 0.3 is 0 Å². The van der Waals surface area contributed by atoms with Crippen molar-refractivity contribution in [3.05, 3.63) is 0 Å². The molecule has 3 fully saturated rings. The van der Waals surface area contributed by atoms with E-state index in [0.717, 1.165) is 6.04 Å². The highest BCUT2D eigenvalue weighted by atomic mass is 15.3. The number of likely N-dealkylation sites (tertiary alicyclic amines) is 2. The molecular formula is C13H24N2. The van der Waals surface area contributed by atoms with Crippen LogP contribution in [0.4, 0.5) is 0 Å². The van der Waals surface area contributed by atoms with Crippen LogP contribution >= 0.6 is 0 Å². The molecule has 1 saturated carbocycles. The van der Waals surface area contributed by atoms with Gasteiger partial charge in [0, 0.05) is 11.6 Å². The first-order chi connectivity index (χ1) is 7.37. The molecule has 86 valence electrons. The summed E-state index contributed by atoms with van der Waals surface area (Å²) in [5.41, 5.74) is 0.642. The molecule has 0 N–H and O–H groups in total. The zero-order chi connectivity index (χ0) is 10.3. The first kappa shape index (κ1) is 10.1. The minimum absolute atomic E-state index is 0.642. The fourth-order valence-electron chi connectivity index (χ4n) is 3.96. The number of hydrogen-bond acceptors (Lipinski definition) is 2. The predicted octanol–water partition coefficient (Wildman–Crippen LogP) is 2.10. The highest BCUT2D eigenvalue weighted by molar-refractivity contribution is 5.14. The lowest BCUT2D eigenvalue weighted by atomic mass is 10.0. The van der Waals surface area contributed by atoms with Crippen LogP contribution in [-0.2, 0) is 0 Å². The van der Waals surface area contributed by atoms with E-state index in [1.165, 1.54) is 64.7 Å². The minimum Gasteiger partial charge on any atom is -0.299 e. The van der Waals surface area contributed by atoms with Crippen LogP contribution in [0.3, 0.4) is 0 Å². The van der Waals surface area contributed by atoms with Gasteiger partial charge in [-0.15, -0.1) is 0 Å². The molecule has 0 aromatic rings. The summed E-state index contributed by atoms with van der Waals surface area (Å²) in [6.07, 6.45) is 8.75. The zero-order valence-electron chi connectivity index (χ0n) is 10.0. The molecule has 0 aromatic heterocycles. The highest BCUT2D eigenvalue weighted by Crippen LogP contribution is 2.50. The van der Waals surface area contributed by atoms with Crippen LogP contribution in [0.5, 0.6) is 0 Å². The average Bonchev–Trinajstić information content (AvgIpc) is 2.76. The Balaban J connectivity index is 1.74. The summed E-state index contributed by atoms with van der Waals surface area (Å²) in [7, 11) is 0. The van der Waals surface area contributed by atoms with Gasteiger partial charge in [-0.25, -0.2) is 0 Å². The monoisotopic (exact) mass is 208 g/mol. The molecule has 2 heterocycles. The normalized spacial score (nSPS) is 36.2. The van der Waals surface area contributed by atoms with Gasteiger partial charge in [0.1, 0.15) is 0 Å². The van der Waals surface area contributed by atoms with Gasteiger partial charge in [-0.2, -0.15) is 0 Å². The predicted molar refractivity (Wildman–Crippen MR) is 63.0 cm³/mol. The Kier molecular flexibility index (Phi) is 2.52. The van der Waals surface area contributed by atoms with E-state index in [2.05, 4.69) is 16.7 Å². The first-order valence-corrected chi connectivity index (χ1v) is 6.86. The Bertz CT molecular complexity index is 229. The lowest BCUT2D eigenvalue weighted by Crippen LogP contribution is -2.50. The molecule has 3 rings (SSSR count). The third-order valence-electron chi connectivity index (χ3n) is 4.89. The van der Waals surface area contributed by atoms with Crippen LogP contribution in [0.2, 0.25) is 0 Å². The molecule has 15 heavy (non-hydrogen) atoms. The maximum atomic E-state index is 2.83. The Labute approximate surface area is 93.6 Å². The molecule has 1 aliphatic carbocycles. The second-order valence-corrected chi connectivity index (χ2v) is 5.58. The molecule has 1 atom stereocenters. The summed E-state index contributed by atoms with van der Waals surface area (Å²) < 4.78 is 0. The first-order valence-electron chi connectivity index (χ1n) is 6.86. The van der Waals surface area contributed by atoms with Crippen molar-refractivity contribution in [1.82, 2.24) is 9.80 Å². The molecule has 2 heteroatoms. The maximum Gasteiger partial charge on any atom is 0.0366 e.